The van der Waals surface area contributed by atoms with E-state index in [0.717, 1.165) is 5.75 Å². The minimum absolute atomic E-state index is 0.0326. The largest absolute Gasteiger partial charge is 0.494 e. The number of benzene rings is 1. The molecule has 1 saturated heterocycles. The molecule has 0 aromatic heterocycles. The van der Waals surface area contributed by atoms with Crippen LogP contribution in [0.5, 0.6) is 5.75 Å². The van der Waals surface area contributed by atoms with Crippen LogP contribution in [0.15, 0.2) is 36.0 Å². The summed E-state index contributed by atoms with van der Waals surface area (Å²) in [5.74, 6) is 0.304. The molecule has 0 atom stereocenters. The van der Waals surface area contributed by atoms with Crippen molar-refractivity contribution < 1.29 is 14.3 Å². The number of anilines is 1. The molecule has 0 unspecified atom stereocenters. The molecule has 0 aliphatic carbocycles. The Hall–Kier alpha value is -3.01. The summed E-state index contributed by atoms with van der Waals surface area (Å²) in [6.07, 6.45) is 1.56. The third kappa shape index (κ3) is 5.24. The Morgan fingerprint density at radius 2 is 1.88 bits per heavy atom. The van der Waals surface area contributed by atoms with Gasteiger partial charge in [0.1, 0.15) is 17.4 Å². The van der Waals surface area contributed by atoms with Gasteiger partial charge in [-0.05, 0) is 31.2 Å². The molecule has 1 N–H and O–H groups in total. The van der Waals surface area contributed by atoms with Crippen molar-refractivity contribution in [2.45, 2.75) is 13.8 Å². The van der Waals surface area contributed by atoms with E-state index in [-0.39, 0.29) is 11.5 Å². The van der Waals surface area contributed by atoms with Crippen LogP contribution in [0.3, 0.4) is 0 Å². The third-order valence-corrected chi connectivity index (χ3v) is 3.86. The first-order valence-electron chi connectivity index (χ1n) is 8.19. The highest BCUT2D eigenvalue weighted by Crippen LogP contribution is 2.16. The summed E-state index contributed by atoms with van der Waals surface area (Å²) in [5, 5.41) is 12.0. The monoisotopic (exact) mass is 342 g/mol. The fourth-order valence-corrected chi connectivity index (χ4v) is 2.49. The molecule has 7 heteroatoms. The van der Waals surface area contributed by atoms with Crippen molar-refractivity contribution in [3.05, 3.63) is 36.0 Å². The highest BCUT2D eigenvalue weighted by Gasteiger charge is 2.18. The maximum absolute atomic E-state index is 12.3. The molecule has 0 bridgehead atoms. The van der Waals surface area contributed by atoms with Crippen molar-refractivity contribution >= 4 is 17.5 Å². The molecular formula is C18H22N4O3. The third-order valence-electron chi connectivity index (χ3n) is 3.86. The van der Waals surface area contributed by atoms with Crippen LogP contribution in [-0.4, -0.2) is 54.4 Å². The number of hydrogen-bond acceptors (Lipinski definition) is 5. The second-order valence-corrected chi connectivity index (χ2v) is 5.61. The van der Waals surface area contributed by atoms with Gasteiger partial charge < -0.3 is 19.9 Å². The number of piperazine rings is 1. The first kappa shape index (κ1) is 18.3. The zero-order chi connectivity index (χ0) is 18.2. The van der Waals surface area contributed by atoms with E-state index in [1.807, 2.05) is 17.9 Å². The number of ether oxygens (including phenoxy) is 1. The van der Waals surface area contributed by atoms with Crippen molar-refractivity contribution in [1.82, 2.24) is 9.80 Å². The van der Waals surface area contributed by atoms with Crippen LogP contribution in [0.25, 0.3) is 0 Å². The van der Waals surface area contributed by atoms with E-state index >= 15 is 0 Å². The van der Waals surface area contributed by atoms with Gasteiger partial charge in [0.05, 0.1) is 6.61 Å². The molecule has 0 saturated carbocycles. The lowest BCUT2D eigenvalue weighted by molar-refractivity contribution is -0.130. The van der Waals surface area contributed by atoms with E-state index in [1.165, 1.54) is 6.92 Å². The predicted octanol–water partition coefficient (Wildman–Crippen LogP) is 1.60. The summed E-state index contributed by atoms with van der Waals surface area (Å²) in [5.41, 5.74) is 0.626. The van der Waals surface area contributed by atoms with Crippen LogP contribution in [0.4, 0.5) is 5.69 Å². The van der Waals surface area contributed by atoms with Crippen molar-refractivity contribution in [1.29, 1.82) is 5.26 Å². The molecular weight excluding hydrogens is 320 g/mol. The number of rotatable bonds is 5. The van der Waals surface area contributed by atoms with Gasteiger partial charge in [-0.3, -0.25) is 9.59 Å². The van der Waals surface area contributed by atoms with Crippen LogP contribution in [0.2, 0.25) is 0 Å². The van der Waals surface area contributed by atoms with Gasteiger partial charge in [0, 0.05) is 45.0 Å². The van der Waals surface area contributed by atoms with Crippen LogP contribution >= 0.6 is 0 Å². The smallest absolute Gasteiger partial charge is 0.267 e. The van der Waals surface area contributed by atoms with E-state index in [0.29, 0.717) is 38.5 Å². The maximum Gasteiger partial charge on any atom is 0.267 e. The fourth-order valence-electron chi connectivity index (χ4n) is 2.49. The first-order valence-corrected chi connectivity index (χ1v) is 8.19. The van der Waals surface area contributed by atoms with Gasteiger partial charge in [-0.1, -0.05) is 0 Å². The molecule has 0 spiro atoms. The molecule has 1 aliphatic heterocycles. The van der Waals surface area contributed by atoms with E-state index in [9.17, 15) is 14.9 Å². The standard InChI is InChI=1S/C18H22N4O3/c1-3-25-17-6-4-16(5-7-17)20-18(24)15(12-19)13-21-8-10-22(11-9-21)14(2)23/h4-7,13H,3,8-11H2,1-2H3,(H,20,24)/b15-13-. The van der Waals surface area contributed by atoms with Gasteiger partial charge in [0.15, 0.2) is 0 Å². The van der Waals surface area contributed by atoms with Gasteiger partial charge in [0.25, 0.3) is 5.91 Å². The SMILES string of the molecule is CCOc1ccc(NC(=O)/C(C#N)=C\N2CCN(C(C)=O)CC2)cc1. The lowest BCUT2D eigenvalue weighted by Crippen LogP contribution is -2.46. The zero-order valence-corrected chi connectivity index (χ0v) is 14.5. The Morgan fingerprint density at radius 1 is 1.24 bits per heavy atom. The second-order valence-electron chi connectivity index (χ2n) is 5.61. The van der Waals surface area contributed by atoms with Crippen LogP contribution in [-0.2, 0) is 9.59 Å². The molecule has 1 fully saturated rings. The number of carbonyl (C=O) groups is 2. The lowest BCUT2D eigenvalue weighted by atomic mass is 10.2. The highest BCUT2D eigenvalue weighted by atomic mass is 16.5. The molecule has 1 aliphatic rings. The molecule has 1 heterocycles. The van der Waals surface area contributed by atoms with Gasteiger partial charge >= 0.3 is 0 Å². The summed E-state index contributed by atoms with van der Waals surface area (Å²) in [6.45, 7) is 6.38. The zero-order valence-electron chi connectivity index (χ0n) is 14.5. The van der Waals surface area contributed by atoms with Crippen molar-refractivity contribution in [2.24, 2.45) is 0 Å². The van der Waals surface area contributed by atoms with Gasteiger partial charge in [-0.2, -0.15) is 5.26 Å². The Bertz CT molecular complexity index is 683. The number of amides is 2. The Morgan fingerprint density at radius 3 is 2.40 bits per heavy atom. The number of carbonyl (C=O) groups excluding carboxylic acids is 2. The second kappa shape index (κ2) is 8.73. The van der Waals surface area contributed by atoms with Crippen LogP contribution < -0.4 is 10.1 Å². The average Bonchev–Trinajstić information content (AvgIpc) is 2.62. The Kier molecular flexibility index (Phi) is 6.40. The number of nitrogens with one attached hydrogen (secondary N) is 1. The highest BCUT2D eigenvalue weighted by molar-refractivity contribution is 6.06. The maximum atomic E-state index is 12.3. The van der Waals surface area contributed by atoms with Gasteiger partial charge in [-0.15, -0.1) is 0 Å². The predicted molar refractivity (Wildman–Crippen MR) is 93.8 cm³/mol. The number of hydrogen-bond donors (Lipinski definition) is 1. The molecule has 2 rings (SSSR count). The Balaban J connectivity index is 1.96. The van der Waals surface area contributed by atoms with Crippen molar-refractivity contribution in [3.63, 3.8) is 0 Å². The summed E-state index contributed by atoms with van der Waals surface area (Å²) < 4.78 is 5.35. The molecule has 132 valence electrons. The number of nitrogens with zero attached hydrogens (tertiary/aromatic N) is 3. The van der Waals surface area contributed by atoms with Crippen LogP contribution in [0.1, 0.15) is 13.8 Å². The van der Waals surface area contributed by atoms with E-state index < -0.39 is 5.91 Å². The van der Waals surface area contributed by atoms with E-state index in [2.05, 4.69) is 5.32 Å². The minimum Gasteiger partial charge on any atom is -0.494 e. The molecule has 0 radical (unpaired) electrons. The Labute approximate surface area is 147 Å². The minimum atomic E-state index is -0.458. The molecule has 2 amide bonds. The first-order chi connectivity index (χ1) is 12.0. The summed E-state index contributed by atoms with van der Waals surface area (Å²) in [7, 11) is 0. The fraction of sp³-hybridized carbons (Fsp3) is 0.389. The summed E-state index contributed by atoms with van der Waals surface area (Å²) in [6, 6.07) is 8.91. The van der Waals surface area contributed by atoms with Crippen molar-refractivity contribution in [2.75, 3.05) is 38.1 Å². The van der Waals surface area contributed by atoms with Crippen molar-refractivity contribution in [3.8, 4) is 11.8 Å². The molecule has 1 aromatic carbocycles. The van der Waals surface area contributed by atoms with Gasteiger partial charge in [0.2, 0.25) is 5.91 Å². The topological polar surface area (TPSA) is 85.7 Å². The summed E-state index contributed by atoms with van der Waals surface area (Å²) >= 11 is 0. The molecule has 1 aromatic rings. The average molecular weight is 342 g/mol. The molecule has 7 nitrogen and oxygen atoms in total. The lowest BCUT2D eigenvalue weighted by Gasteiger charge is -2.33. The van der Waals surface area contributed by atoms with Gasteiger partial charge in [-0.25, -0.2) is 0 Å². The quantitative estimate of drug-likeness (QED) is 0.649. The normalized spacial score (nSPS) is 14.7. The number of nitriles is 1. The summed E-state index contributed by atoms with van der Waals surface area (Å²) in [4.78, 5) is 27.2. The molecule has 25 heavy (non-hydrogen) atoms. The van der Waals surface area contributed by atoms with E-state index in [1.54, 1.807) is 35.4 Å². The van der Waals surface area contributed by atoms with Crippen LogP contribution in [0, 0.1) is 11.3 Å². The van der Waals surface area contributed by atoms with E-state index in [4.69, 9.17) is 4.74 Å².